The number of aldehydes is 1. The van der Waals surface area contributed by atoms with Crippen LogP contribution in [-0.4, -0.2) is 49.2 Å². The summed E-state index contributed by atoms with van der Waals surface area (Å²) in [7, 11) is 0. The van der Waals surface area contributed by atoms with Crippen LogP contribution in [0.3, 0.4) is 0 Å². The van der Waals surface area contributed by atoms with Crippen LogP contribution in [-0.2, 0) is 14.4 Å². The van der Waals surface area contributed by atoms with Crippen LogP contribution in [0.25, 0.3) is 0 Å². The van der Waals surface area contributed by atoms with E-state index in [1.807, 2.05) is 0 Å². The smallest absolute Gasteiger partial charge is 0.243 e. The van der Waals surface area contributed by atoms with Gasteiger partial charge in [0, 0.05) is 13.5 Å². The quantitative estimate of drug-likeness (QED) is 0.125. The fourth-order valence-corrected chi connectivity index (χ4v) is 1.98. The van der Waals surface area contributed by atoms with Crippen molar-refractivity contribution >= 4 is 24.1 Å². The Morgan fingerprint density at radius 2 is 1.83 bits per heavy atom. The van der Waals surface area contributed by atoms with E-state index in [0.717, 1.165) is 6.42 Å². The number of amides is 2. The van der Waals surface area contributed by atoms with Gasteiger partial charge in [0.15, 0.2) is 5.96 Å². The number of hydrogen-bond donors (Lipinski definition) is 5. The molecule has 0 aromatic heterocycles. The van der Waals surface area contributed by atoms with Gasteiger partial charge in [0.1, 0.15) is 12.3 Å². The molecule has 2 atom stereocenters. The molecular formula is C14H28N6O3. The summed E-state index contributed by atoms with van der Waals surface area (Å²) in [6, 6.07) is -1.30. The highest BCUT2D eigenvalue weighted by molar-refractivity contribution is 5.88. The average molecular weight is 328 g/mol. The molecule has 9 nitrogen and oxygen atoms in total. The molecule has 0 spiro atoms. The van der Waals surface area contributed by atoms with E-state index in [1.165, 1.54) is 6.92 Å². The second-order valence-corrected chi connectivity index (χ2v) is 5.24. The molecule has 8 N–H and O–H groups in total. The number of hydrogen-bond acceptors (Lipinski definition) is 5. The van der Waals surface area contributed by atoms with E-state index in [2.05, 4.69) is 15.6 Å². The van der Waals surface area contributed by atoms with Gasteiger partial charge in [-0.1, -0.05) is 0 Å². The van der Waals surface area contributed by atoms with Crippen molar-refractivity contribution in [3.63, 3.8) is 0 Å². The van der Waals surface area contributed by atoms with Gasteiger partial charge >= 0.3 is 0 Å². The van der Waals surface area contributed by atoms with Gasteiger partial charge in [0.25, 0.3) is 0 Å². The van der Waals surface area contributed by atoms with Crippen molar-refractivity contribution in [1.82, 2.24) is 10.6 Å². The van der Waals surface area contributed by atoms with Crippen molar-refractivity contribution in [3.8, 4) is 0 Å². The Kier molecular flexibility index (Phi) is 11.2. The van der Waals surface area contributed by atoms with Gasteiger partial charge in [-0.15, -0.1) is 0 Å². The van der Waals surface area contributed by atoms with Crippen LogP contribution in [0.2, 0.25) is 0 Å². The lowest BCUT2D eigenvalue weighted by Gasteiger charge is -2.20. The van der Waals surface area contributed by atoms with Crippen LogP contribution in [0.1, 0.15) is 39.0 Å². The minimum atomic E-state index is -0.667. The van der Waals surface area contributed by atoms with E-state index in [4.69, 9.17) is 17.2 Å². The first-order valence-electron chi connectivity index (χ1n) is 7.69. The Morgan fingerprint density at radius 1 is 1.13 bits per heavy atom. The van der Waals surface area contributed by atoms with Gasteiger partial charge in [-0.05, 0) is 38.6 Å². The zero-order chi connectivity index (χ0) is 17.7. The minimum Gasteiger partial charge on any atom is -0.370 e. The number of nitrogens with one attached hydrogen (secondary N) is 2. The van der Waals surface area contributed by atoms with E-state index in [0.29, 0.717) is 45.1 Å². The summed E-state index contributed by atoms with van der Waals surface area (Å²) >= 11 is 0. The molecule has 23 heavy (non-hydrogen) atoms. The van der Waals surface area contributed by atoms with Crippen LogP contribution in [0.4, 0.5) is 0 Å². The van der Waals surface area contributed by atoms with E-state index in [-0.39, 0.29) is 17.8 Å². The molecule has 0 aliphatic carbocycles. The summed E-state index contributed by atoms with van der Waals surface area (Å²) in [6.07, 6.45) is 3.59. The number of nitrogens with two attached hydrogens (primary N) is 3. The van der Waals surface area contributed by atoms with Gasteiger partial charge < -0.3 is 32.6 Å². The van der Waals surface area contributed by atoms with Crippen LogP contribution in [0.5, 0.6) is 0 Å². The Hall–Kier alpha value is -2.16. The molecule has 0 aliphatic heterocycles. The number of rotatable bonds is 12. The summed E-state index contributed by atoms with van der Waals surface area (Å²) in [5.41, 5.74) is 15.8. The number of aliphatic imine (C=N–C) groups is 1. The van der Waals surface area contributed by atoms with E-state index in [1.54, 1.807) is 0 Å². The van der Waals surface area contributed by atoms with Crippen LogP contribution in [0, 0.1) is 0 Å². The molecule has 0 bridgehead atoms. The first-order chi connectivity index (χ1) is 10.9. The van der Waals surface area contributed by atoms with Gasteiger partial charge in [-0.2, -0.15) is 0 Å². The zero-order valence-electron chi connectivity index (χ0n) is 13.6. The number of nitrogens with zero attached hydrogens (tertiary/aromatic N) is 1. The molecule has 0 rings (SSSR count). The SMILES string of the molecule is CC(=O)NC(CCCCN)C(=O)NC(C=O)CCCN=C(N)N. The Morgan fingerprint density at radius 3 is 2.35 bits per heavy atom. The second kappa shape index (κ2) is 12.4. The van der Waals surface area contributed by atoms with Crippen LogP contribution >= 0.6 is 0 Å². The minimum absolute atomic E-state index is 0.0117. The first-order valence-corrected chi connectivity index (χ1v) is 7.69. The predicted octanol–water partition coefficient (Wildman–Crippen LogP) is -1.64. The molecule has 0 fully saturated rings. The lowest BCUT2D eigenvalue weighted by Crippen LogP contribution is -2.49. The molecule has 0 aromatic rings. The number of guanidine groups is 1. The molecule has 0 aromatic carbocycles. The van der Waals surface area contributed by atoms with E-state index < -0.39 is 12.1 Å². The van der Waals surface area contributed by atoms with Crippen molar-refractivity contribution in [2.45, 2.75) is 51.1 Å². The molecule has 0 radical (unpaired) electrons. The van der Waals surface area contributed by atoms with Crippen LogP contribution in [0.15, 0.2) is 4.99 Å². The highest BCUT2D eigenvalue weighted by atomic mass is 16.2. The Balaban J connectivity index is 4.44. The summed E-state index contributed by atoms with van der Waals surface area (Å²) in [6.45, 7) is 2.25. The molecule has 2 amide bonds. The molecular weight excluding hydrogens is 300 g/mol. The number of carbonyl (C=O) groups is 3. The van der Waals surface area contributed by atoms with E-state index >= 15 is 0 Å². The molecule has 0 aliphatic rings. The fourth-order valence-electron chi connectivity index (χ4n) is 1.98. The van der Waals surface area contributed by atoms with Gasteiger partial charge in [-0.25, -0.2) is 0 Å². The third-order valence-electron chi connectivity index (χ3n) is 3.10. The standard InChI is InChI=1S/C14H28N6O3/c1-10(22)19-12(6-2-3-7-15)13(23)20-11(9-21)5-4-8-18-14(16)17/h9,11-12H,2-8,15H2,1H3,(H,19,22)(H,20,23)(H4,16,17,18). The molecule has 9 heteroatoms. The molecule has 132 valence electrons. The maximum atomic E-state index is 12.2. The third-order valence-corrected chi connectivity index (χ3v) is 3.10. The molecule has 0 saturated carbocycles. The van der Waals surface area contributed by atoms with Crippen molar-refractivity contribution in [2.75, 3.05) is 13.1 Å². The van der Waals surface area contributed by atoms with Crippen molar-refractivity contribution in [3.05, 3.63) is 0 Å². The molecule has 0 heterocycles. The fraction of sp³-hybridized carbons (Fsp3) is 0.714. The lowest BCUT2D eigenvalue weighted by molar-refractivity contribution is -0.129. The highest BCUT2D eigenvalue weighted by Gasteiger charge is 2.21. The molecule has 2 unspecified atom stereocenters. The largest absolute Gasteiger partial charge is 0.370 e. The second-order valence-electron chi connectivity index (χ2n) is 5.24. The zero-order valence-corrected chi connectivity index (χ0v) is 13.6. The van der Waals surface area contributed by atoms with Gasteiger partial charge in [-0.3, -0.25) is 14.6 Å². The van der Waals surface area contributed by atoms with E-state index in [9.17, 15) is 14.4 Å². The maximum Gasteiger partial charge on any atom is 0.243 e. The summed E-state index contributed by atoms with van der Waals surface area (Å²) < 4.78 is 0. The first kappa shape index (κ1) is 20.8. The monoisotopic (exact) mass is 328 g/mol. The predicted molar refractivity (Wildman–Crippen MR) is 88.4 cm³/mol. The van der Waals surface area contributed by atoms with Gasteiger partial charge in [0.05, 0.1) is 6.04 Å². The van der Waals surface area contributed by atoms with Crippen molar-refractivity contribution < 1.29 is 14.4 Å². The number of carbonyl (C=O) groups excluding carboxylic acids is 3. The highest BCUT2D eigenvalue weighted by Crippen LogP contribution is 2.03. The molecule has 0 saturated heterocycles. The summed E-state index contributed by atoms with van der Waals surface area (Å²) in [5, 5.41) is 5.21. The maximum absolute atomic E-state index is 12.2. The summed E-state index contributed by atoms with van der Waals surface area (Å²) in [4.78, 5) is 38.3. The lowest BCUT2D eigenvalue weighted by atomic mass is 10.1. The van der Waals surface area contributed by atoms with Crippen LogP contribution < -0.4 is 27.8 Å². The van der Waals surface area contributed by atoms with Gasteiger partial charge in [0.2, 0.25) is 11.8 Å². The summed E-state index contributed by atoms with van der Waals surface area (Å²) in [5.74, 6) is -0.688. The van der Waals surface area contributed by atoms with Crippen molar-refractivity contribution in [2.24, 2.45) is 22.2 Å². The normalized spacial score (nSPS) is 12.8. The average Bonchev–Trinajstić information content (AvgIpc) is 2.48. The Bertz CT molecular complexity index is 409. The third kappa shape index (κ3) is 11.1. The Labute approximate surface area is 136 Å². The topological polar surface area (TPSA) is 166 Å². The number of unbranched alkanes of at least 4 members (excludes halogenated alkanes) is 1. The van der Waals surface area contributed by atoms with Crippen molar-refractivity contribution in [1.29, 1.82) is 0 Å².